The van der Waals surface area contributed by atoms with E-state index in [4.69, 9.17) is 4.74 Å². The summed E-state index contributed by atoms with van der Waals surface area (Å²) >= 11 is 1.68. The van der Waals surface area contributed by atoms with Crippen LogP contribution in [0.3, 0.4) is 0 Å². The van der Waals surface area contributed by atoms with Gasteiger partial charge >= 0.3 is 0 Å². The van der Waals surface area contributed by atoms with E-state index in [2.05, 4.69) is 20.9 Å². The van der Waals surface area contributed by atoms with Gasteiger partial charge in [-0.25, -0.2) is 9.97 Å². The van der Waals surface area contributed by atoms with Crippen LogP contribution in [0.5, 0.6) is 5.88 Å². The number of thiazole rings is 1. The molecule has 2 aromatic heterocycles. The maximum Gasteiger partial charge on any atom is 0.237 e. The van der Waals surface area contributed by atoms with Crippen LogP contribution < -0.4 is 9.64 Å². The van der Waals surface area contributed by atoms with Crippen molar-refractivity contribution in [2.75, 3.05) is 18.1 Å². The molecule has 3 heterocycles. The lowest BCUT2D eigenvalue weighted by Gasteiger charge is -2.29. The molecule has 3 rings (SSSR count). The summed E-state index contributed by atoms with van der Waals surface area (Å²) in [4.78, 5) is 11.0. The van der Waals surface area contributed by atoms with Gasteiger partial charge in [-0.1, -0.05) is 0 Å². The highest BCUT2D eigenvalue weighted by Gasteiger charge is 2.19. The molecule has 4 nitrogen and oxygen atoms in total. The van der Waals surface area contributed by atoms with E-state index in [0.717, 1.165) is 35.4 Å². The molecule has 0 unspecified atom stereocenters. The molecular formula is C12H13N3OS. The largest absolute Gasteiger partial charge is 0.474 e. The first kappa shape index (κ1) is 10.5. The second kappa shape index (κ2) is 4.33. The topological polar surface area (TPSA) is 38.2 Å². The number of hydrogen-bond donors (Lipinski definition) is 0. The van der Waals surface area contributed by atoms with Gasteiger partial charge in [0.15, 0.2) is 0 Å². The van der Waals surface area contributed by atoms with Gasteiger partial charge in [0.1, 0.15) is 17.3 Å². The van der Waals surface area contributed by atoms with Gasteiger partial charge < -0.3 is 9.64 Å². The third-order valence-corrected chi connectivity index (χ3v) is 3.49. The molecule has 0 bridgehead atoms. The van der Waals surface area contributed by atoms with E-state index >= 15 is 0 Å². The number of nitrogens with zero attached hydrogens (tertiary/aromatic N) is 3. The molecule has 1 aliphatic rings. The van der Waals surface area contributed by atoms with E-state index in [-0.39, 0.29) is 0 Å². The number of aryl methyl sites for hydroxylation is 1. The summed E-state index contributed by atoms with van der Waals surface area (Å²) in [6.45, 7) is 4.38. The van der Waals surface area contributed by atoms with E-state index in [9.17, 15) is 0 Å². The highest BCUT2D eigenvalue weighted by atomic mass is 32.1. The first-order valence-electron chi connectivity index (χ1n) is 5.57. The smallest absolute Gasteiger partial charge is 0.237 e. The van der Waals surface area contributed by atoms with Gasteiger partial charge in [-0.3, -0.25) is 0 Å². The van der Waals surface area contributed by atoms with Crippen molar-refractivity contribution in [3.05, 3.63) is 34.4 Å². The van der Waals surface area contributed by atoms with Crippen molar-refractivity contribution in [2.45, 2.75) is 13.5 Å². The summed E-state index contributed by atoms with van der Waals surface area (Å²) in [6.07, 6.45) is 1.84. The zero-order valence-electron chi connectivity index (χ0n) is 9.59. The number of ether oxygens (including phenoxy) is 1. The second-order valence-corrected chi connectivity index (χ2v) is 4.95. The average molecular weight is 247 g/mol. The van der Waals surface area contributed by atoms with Crippen molar-refractivity contribution in [3.8, 4) is 5.88 Å². The zero-order valence-corrected chi connectivity index (χ0v) is 10.4. The van der Waals surface area contributed by atoms with Crippen LogP contribution in [0.1, 0.15) is 10.7 Å². The fourth-order valence-electron chi connectivity index (χ4n) is 1.90. The average Bonchev–Trinajstić information content (AvgIpc) is 2.82. The van der Waals surface area contributed by atoms with Crippen molar-refractivity contribution in [3.63, 3.8) is 0 Å². The Morgan fingerprint density at radius 1 is 1.47 bits per heavy atom. The summed E-state index contributed by atoms with van der Waals surface area (Å²) < 4.78 is 5.58. The summed E-state index contributed by atoms with van der Waals surface area (Å²) in [5.41, 5.74) is 2.05. The maximum absolute atomic E-state index is 5.58. The molecule has 17 heavy (non-hydrogen) atoms. The van der Waals surface area contributed by atoms with Crippen molar-refractivity contribution >= 4 is 17.0 Å². The number of fused-ring (bicyclic) bond motifs is 1. The van der Waals surface area contributed by atoms with Gasteiger partial charge in [0.05, 0.1) is 13.1 Å². The first-order valence-corrected chi connectivity index (χ1v) is 6.44. The van der Waals surface area contributed by atoms with Crippen molar-refractivity contribution in [1.82, 2.24) is 9.97 Å². The van der Waals surface area contributed by atoms with Crippen molar-refractivity contribution in [1.29, 1.82) is 0 Å². The maximum atomic E-state index is 5.58. The quantitative estimate of drug-likeness (QED) is 0.815. The molecule has 2 aromatic rings. The predicted octanol–water partition coefficient (Wildman–Crippen LogP) is 2.25. The molecule has 0 aliphatic carbocycles. The summed E-state index contributed by atoms with van der Waals surface area (Å²) in [5, 5.41) is 3.13. The molecule has 0 aromatic carbocycles. The van der Waals surface area contributed by atoms with Gasteiger partial charge in [-0.2, -0.15) is 0 Å². The molecular weight excluding hydrogens is 234 g/mol. The van der Waals surface area contributed by atoms with Crippen LogP contribution in [0.25, 0.3) is 0 Å². The number of anilines is 1. The molecule has 0 amide bonds. The molecule has 0 atom stereocenters. The lowest BCUT2D eigenvalue weighted by Crippen LogP contribution is -2.32. The lowest BCUT2D eigenvalue weighted by atomic mass is 10.3. The molecule has 0 spiro atoms. The third-order valence-electron chi connectivity index (χ3n) is 2.73. The van der Waals surface area contributed by atoms with Crippen molar-refractivity contribution < 1.29 is 4.74 Å². The normalized spacial score (nSPS) is 14.3. The second-order valence-electron chi connectivity index (χ2n) is 3.97. The predicted molar refractivity (Wildman–Crippen MR) is 67.6 cm³/mol. The molecule has 5 heteroatoms. The Morgan fingerprint density at radius 3 is 3.24 bits per heavy atom. The fourth-order valence-corrected chi connectivity index (χ4v) is 2.53. The van der Waals surface area contributed by atoms with E-state index in [1.54, 1.807) is 11.3 Å². The summed E-state index contributed by atoms with van der Waals surface area (Å²) in [7, 11) is 0. The molecule has 0 radical (unpaired) electrons. The van der Waals surface area contributed by atoms with Crippen LogP contribution in [0, 0.1) is 6.92 Å². The summed E-state index contributed by atoms with van der Waals surface area (Å²) in [5.74, 6) is 0.743. The van der Waals surface area contributed by atoms with Crippen molar-refractivity contribution in [2.24, 2.45) is 0 Å². The van der Waals surface area contributed by atoms with Gasteiger partial charge in [0.2, 0.25) is 5.88 Å². The molecule has 1 aliphatic heterocycles. The van der Waals surface area contributed by atoms with Gasteiger partial charge in [0, 0.05) is 17.3 Å². The Bertz CT molecular complexity index is 512. The minimum atomic E-state index is 0.689. The number of aromatic nitrogens is 2. The van der Waals surface area contributed by atoms with E-state index in [1.165, 1.54) is 0 Å². The van der Waals surface area contributed by atoms with Crippen LogP contribution >= 0.6 is 11.3 Å². The molecule has 88 valence electrons. The van der Waals surface area contributed by atoms with Crippen LogP contribution in [-0.2, 0) is 6.54 Å². The van der Waals surface area contributed by atoms with Crippen LogP contribution in [0.4, 0.5) is 5.69 Å². The Hall–Kier alpha value is -1.62. The molecule has 0 saturated heterocycles. The Morgan fingerprint density at radius 2 is 2.41 bits per heavy atom. The number of hydrogen-bond acceptors (Lipinski definition) is 5. The third kappa shape index (κ3) is 2.10. The Kier molecular flexibility index (Phi) is 2.68. The highest BCUT2D eigenvalue weighted by molar-refractivity contribution is 7.09. The summed E-state index contributed by atoms with van der Waals surface area (Å²) in [6, 6.07) is 4.09. The monoisotopic (exact) mass is 247 g/mol. The van der Waals surface area contributed by atoms with E-state index in [0.29, 0.717) is 6.61 Å². The standard InChI is InChI=1S/C12H13N3OS/c1-9-2-3-10-12(14-9)16-6-5-15(10)8-11-13-4-7-17-11/h2-4,7H,5-6,8H2,1H3. The zero-order chi connectivity index (χ0) is 11.7. The SMILES string of the molecule is Cc1ccc2c(n1)OCCN2Cc1nccs1. The van der Waals surface area contributed by atoms with Gasteiger partial charge in [0.25, 0.3) is 0 Å². The lowest BCUT2D eigenvalue weighted by molar-refractivity contribution is 0.294. The number of rotatable bonds is 2. The first-order chi connectivity index (χ1) is 8.33. The van der Waals surface area contributed by atoms with Crippen LogP contribution in [0.2, 0.25) is 0 Å². The fraction of sp³-hybridized carbons (Fsp3) is 0.333. The minimum Gasteiger partial charge on any atom is -0.474 e. The van der Waals surface area contributed by atoms with Crippen LogP contribution in [-0.4, -0.2) is 23.1 Å². The minimum absolute atomic E-state index is 0.689. The highest BCUT2D eigenvalue weighted by Crippen LogP contribution is 2.30. The van der Waals surface area contributed by atoms with Gasteiger partial charge in [-0.15, -0.1) is 11.3 Å². The Labute approximate surface area is 104 Å². The van der Waals surface area contributed by atoms with Gasteiger partial charge in [-0.05, 0) is 19.1 Å². The van der Waals surface area contributed by atoms with E-state index in [1.807, 2.05) is 24.6 Å². The Balaban J connectivity index is 1.89. The van der Waals surface area contributed by atoms with E-state index < -0.39 is 0 Å². The molecule has 0 fully saturated rings. The molecule has 0 N–H and O–H groups in total. The number of pyridine rings is 1. The molecule has 0 saturated carbocycles. The van der Waals surface area contributed by atoms with Crippen LogP contribution in [0.15, 0.2) is 23.7 Å².